The summed E-state index contributed by atoms with van der Waals surface area (Å²) < 4.78 is 5.17. The minimum absolute atomic E-state index is 0.0737. The minimum Gasteiger partial charge on any atom is -0.464 e. The van der Waals surface area contributed by atoms with E-state index in [4.69, 9.17) is 14.8 Å². The summed E-state index contributed by atoms with van der Waals surface area (Å²) in [5.74, 6) is 0. The van der Waals surface area contributed by atoms with Gasteiger partial charge in [-0.05, 0) is 12.1 Å². The molecular weight excluding hydrogens is 166 g/mol. The second-order valence-corrected chi connectivity index (χ2v) is 2.71. The van der Waals surface area contributed by atoms with Gasteiger partial charge in [0.1, 0.15) is 5.58 Å². The van der Waals surface area contributed by atoms with Crippen molar-refractivity contribution < 1.29 is 9.52 Å². The maximum absolute atomic E-state index is 8.97. The fourth-order valence-electron chi connectivity index (χ4n) is 1.34. The van der Waals surface area contributed by atoms with Gasteiger partial charge in [0.25, 0.3) is 0 Å². The Morgan fingerprint density at radius 1 is 1.38 bits per heavy atom. The fourth-order valence-corrected chi connectivity index (χ4v) is 1.34. The number of aliphatic hydroxyl groups is 1. The lowest BCUT2D eigenvalue weighted by Gasteiger charge is -1.97. The topological polar surface area (TPSA) is 57.2 Å². The Kier molecular flexibility index (Phi) is 1.76. The zero-order chi connectivity index (χ0) is 9.26. The van der Waals surface area contributed by atoms with E-state index in [2.05, 4.69) is 6.07 Å². The molecule has 1 aromatic heterocycles. The maximum Gasteiger partial charge on any atom is 0.140 e. The van der Waals surface area contributed by atoms with Gasteiger partial charge in [-0.15, -0.1) is 0 Å². The van der Waals surface area contributed by atoms with Crippen LogP contribution in [0.3, 0.4) is 0 Å². The summed E-state index contributed by atoms with van der Waals surface area (Å²) in [5, 5.41) is 18.5. The Labute approximate surface area is 74.8 Å². The van der Waals surface area contributed by atoms with Crippen LogP contribution in [0, 0.1) is 11.3 Å². The van der Waals surface area contributed by atoms with Gasteiger partial charge in [0.15, 0.2) is 0 Å². The molecule has 1 heterocycles. The summed E-state index contributed by atoms with van der Waals surface area (Å²) in [6.07, 6.45) is 1.52. The van der Waals surface area contributed by atoms with Crippen LogP contribution in [0.1, 0.15) is 11.1 Å². The van der Waals surface area contributed by atoms with Gasteiger partial charge in [-0.3, -0.25) is 0 Å². The molecule has 0 atom stereocenters. The van der Waals surface area contributed by atoms with E-state index in [1.807, 2.05) is 0 Å². The lowest BCUT2D eigenvalue weighted by molar-refractivity contribution is 0.281. The molecule has 13 heavy (non-hydrogen) atoms. The molecule has 0 saturated heterocycles. The monoisotopic (exact) mass is 173 g/mol. The molecule has 0 aliphatic heterocycles. The van der Waals surface area contributed by atoms with Crippen LogP contribution in [0.15, 0.2) is 28.9 Å². The zero-order valence-electron chi connectivity index (χ0n) is 6.82. The van der Waals surface area contributed by atoms with Crippen LogP contribution in [0.25, 0.3) is 11.0 Å². The highest BCUT2D eigenvalue weighted by Crippen LogP contribution is 2.23. The van der Waals surface area contributed by atoms with Gasteiger partial charge in [-0.1, -0.05) is 6.07 Å². The van der Waals surface area contributed by atoms with Gasteiger partial charge in [0.2, 0.25) is 0 Å². The largest absolute Gasteiger partial charge is 0.464 e. The van der Waals surface area contributed by atoms with Crippen molar-refractivity contribution in [1.82, 2.24) is 0 Å². The third-order valence-electron chi connectivity index (χ3n) is 1.99. The summed E-state index contributed by atoms with van der Waals surface area (Å²) in [7, 11) is 0. The molecule has 0 unspecified atom stereocenters. The SMILES string of the molecule is N#Cc1ccc(CO)c2occc12. The highest BCUT2D eigenvalue weighted by Gasteiger charge is 2.07. The van der Waals surface area contributed by atoms with Crippen molar-refractivity contribution in [3.05, 3.63) is 35.6 Å². The average Bonchev–Trinajstić information content (AvgIpc) is 2.64. The number of hydrogen-bond acceptors (Lipinski definition) is 3. The number of benzene rings is 1. The first-order chi connectivity index (χ1) is 6.36. The predicted molar refractivity (Wildman–Crippen MR) is 46.9 cm³/mol. The molecule has 0 saturated carbocycles. The van der Waals surface area contributed by atoms with Crippen LogP contribution in [0.4, 0.5) is 0 Å². The van der Waals surface area contributed by atoms with Gasteiger partial charge in [0, 0.05) is 10.9 Å². The number of aliphatic hydroxyl groups excluding tert-OH is 1. The molecule has 0 radical (unpaired) electrons. The van der Waals surface area contributed by atoms with Crippen LogP contribution in [-0.4, -0.2) is 5.11 Å². The average molecular weight is 173 g/mol. The van der Waals surface area contributed by atoms with Crippen molar-refractivity contribution in [2.45, 2.75) is 6.61 Å². The zero-order valence-corrected chi connectivity index (χ0v) is 6.82. The molecule has 3 nitrogen and oxygen atoms in total. The molecule has 1 N–H and O–H groups in total. The van der Waals surface area contributed by atoms with Crippen molar-refractivity contribution in [1.29, 1.82) is 5.26 Å². The van der Waals surface area contributed by atoms with E-state index in [0.29, 0.717) is 16.7 Å². The van der Waals surface area contributed by atoms with Crippen LogP contribution in [0.5, 0.6) is 0 Å². The van der Waals surface area contributed by atoms with E-state index < -0.39 is 0 Å². The van der Waals surface area contributed by atoms with E-state index in [9.17, 15) is 0 Å². The summed E-state index contributed by atoms with van der Waals surface area (Å²) in [4.78, 5) is 0. The molecule has 0 spiro atoms. The molecule has 0 bridgehead atoms. The Morgan fingerprint density at radius 3 is 2.92 bits per heavy atom. The number of fused-ring (bicyclic) bond motifs is 1. The Balaban J connectivity index is 2.83. The number of nitrogens with zero attached hydrogens (tertiary/aromatic N) is 1. The quantitative estimate of drug-likeness (QED) is 0.715. The third-order valence-corrected chi connectivity index (χ3v) is 1.99. The van der Waals surface area contributed by atoms with Gasteiger partial charge in [0.05, 0.1) is 24.5 Å². The number of furan rings is 1. The molecule has 64 valence electrons. The molecule has 0 aliphatic rings. The maximum atomic E-state index is 8.97. The standard InChI is InChI=1S/C10H7NO2/c11-5-7-1-2-8(6-12)10-9(7)3-4-13-10/h1-4,12H,6H2. The smallest absolute Gasteiger partial charge is 0.140 e. The summed E-state index contributed by atoms with van der Waals surface area (Å²) in [6, 6.07) is 7.18. The first kappa shape index (κ1) is 7.84. The van der Waals surface area contributed by atoms with Crippen molar-refractivity contribution in [3.63, 3.8) is 0 Å². The van der Waals surface area contributed by atoms with Gasteiger partial charge >= 0.3 is 0 Å². The Bertz CT molecular complexity index is 479. The molecule has 0 amide bonds. The van der Waals surface area contributed by atoms with E-state index >= 15 is 0 Å². The van der Waals surface area contributed by atoms with Crippen molar-refractivity contribution in [2.24, 2.45) is 0 Å². The Morgan fingerprint density at radius 2 is 2.23 bits per heavy atom. The van der Waals surface area contributed by atoms with E-state index in [1.54, 1.807) is 18.2 Å². The number of nitriles is 1. The fraction of sp³-hybridized carbons (Fsp3) is 0.100. The molecule has 3 heteroatoms. The molecule has 2 rings (SSSR count). The second kappa shape index (κ2) is 2.92. The second-order valence-electron chi connectivity index (χ2n) is 2.71. The molecule has 0 fully saturated rings. The van der Waals surface area contributed by atoms with Crippen molar-refractivity contribution in [3.8, 4) is 6.07 Å². The molecule has 2 aromatic rings. The number of hydrogen-bond donors (Lipinski definition) is 1. The highest BCUT2D eigenvalue weighted by molar-refractivity contribution is 5.86. The number of rotatable bonds is 1. The minimum atomic E-state index is -0.0737. The Hall–Kier alpha value is -1.79. The van der Waals surface area contributed by atoms with Crippen LogP contribution in [-0.2, 0) is 6.61 Å². The van der Waals surface area contributed by atoms with E-state index in [1.165, 1.54) is 6.26 Å². The molecular formula is C10H7NO2. The van der Waals surface area contributed by atoms with Gasteiger partial charge in [-0.25, -0.2) is 0 Å². The van der Waals surface area contributed by atoms with Crippen LogP contribution in [0.2, 0.25) is 0 Å². The molecule has 1 aromatic carbocycles. The normalized spacial score (nSPS) is 10.2. The first-order valence-electron chi connectivity index (χ1n) is 3.87. The van der Waals surface area contributed by atoms with Crippen molar-refractivity contribution >= 4 is 11.0 Å². The lowest BCUT2D eigenvalue weighted by Crippen LogP contribution is -1.85. The molecule has 0 aliphatic carbocycles. The van der Waals surface area contributed by atoms with Crippen molar-refractivity contribution in [2.75, 3.05) is 0 Å². The van der Waals surface area contributed by atoms with E-state index in [0.717, 1.165) is 5.39 Å². The van der Waals surface area contributed by atoms with Gasteiger partial charge in [-0.2, -0.15) is 5.26 Å². The lowest BCUT2D eigenvalue weighted by atomic mass is 10.1. The van der Waals surface area contributed by atoms with Crippen LogP contribution < -0.4 is 0 Å². The predicted octanol–water partition coefficient (Wildman–Crippen LogP) is 1.80. The highest BCUT2D eigenvalue weighted by atomic mass is 16.3. The van der Waals surface area contributed by atoms with Gasteiger partial charge < -0.3 is 9.52 Å². The third kappa shape index (κ3) is 1.08. The van der Waals surface area contributed by atoms with E-state index in [-0.39, 0.29) is 6.61 Å². The summed E-state index contributed by atoms with van der Waals surface area (Å²) in [5.41, 5.74) is 1.88. The summed E-state index contributed by atoms with van der Waals surface area (Å²) >= 11 is 0. The first-order valence-corrected chi connectivity index (χ1v) is 3.87. The summed E-state index contributed by atoms with van der Waals surface area (Å²) in [6.45, 7) is -0.0737. The van der Waals surface area contributed by atoms with Crippen LogP contribution >= 0.6 is 0 Å².